The van der Waals surface area contributed by atoms with Crippen LogP contribution in [0.25, 0.3) is 0 Å². The molecule has 214 valence electrons. The Kier molecular flexibility index (Phi) is 8.40. The molecule has 0 aliphatic carbocycles. The Morgan fingerprint density at radius 1 is 0.900 bits per heavy atom. The van der Waals surface area contributed by atoms with Gasteiger partial charge in [0.05, 0.1) is 26.7 Å². The maximum Gasteiger partial charge on any atom is 0.419 e. The van der Waals surface area contributed by atoms with Gasteiger partial charge in [-0.15, -0.1) is 0 Å². The molecule has 3 nitrogen and oxygen atoms in total. The highest BCUT2D eigenvalue weighted by molar-refractivity contribution is 6.42. The van der Waals surface area contributed by atoms with E-state index in [0.29, 0.717) is 17.7 Å². The highest BCUT2D eigenvalue weighted by Crippen LogP contribution is 2.37. The summed E-state index contributed by atoms with van der Waals surface area (Å²) in [5.74, 6) is -4.60. The van der Waals surface area contributed by atoms with Crippen LogP contribution in [0.3, 0.4) is 0 Å². The van der Waals surface area contributed by atoms with Gasteiger partial charge in [-0.05, 0) is 54.6 Å². The number of nitrogens with zero attached hydrogens (tertiary/aromatic N) is 2. The molecule has 2 atom stereocenters. The molecule has 3 aromatic rings. The number of hydrogen-bond acceptors (Lipinski definition) is 2. The molecule has 0 aromatic heterocycles. The Labute approximate surface area is 233 Å². The fourth-order valence-electron chi connectivity index (χ4n) is 4.85. The monoisotopic (exact) mass is 610 g/mol. The number of carbonyl (C=O) groups is 1. The van der Waals surface area contributed by atoms with E-state index < -0.39 is 58.5 Å². The van der Waals surface area contributed by atoms with Gasteiger partial charge in [-0.3, -0.25) is 9.69 Å². The number of alkyl halides is 6. The van der Waals surface area contributed by atoms with Gasteiger partial charge in [0.15, 0.2) is 0 Å². The van der Waals surface area contributed by atoms with Crippen molar-refractivity contribution < 1.29 is 39.9 Å². The number of likely N-dealkylation sites (N-methyl/N-ethyl adjacent to an activating group) is 1. The van der Waals surface area contributed by atoms with Crippen LogP contribution in [0.4, 0.5) is 35.1 Å². The van der Waals surface area contributed by atoms with Crippen molar-refractivity contribution >= 4 is 29.1 Å². The number of rotatable bonds is 5. The molecule has 1 aliphatic heterocycles. The molecule has 0 bridgehead atoms. The lowest BCUT2D eigenvalue weighted by Gasteiger charge is -2.29. The van der Waals surface area contributed by atoms with Gasteiger partial charge in [0.1, 0.15) is 11.6 Å². The van der Waals surface area contributed by atoms with Gasteiger partial charge in [-0.1, -0.05) is 41.4 Å². The lowest BCUT2D eigenvalue weighted by atomic mass is 9.93. The quantitative estimate of drug-likeness (QED) is 0.273. The lowest BCUT2D eigenvalue weighted by Crippen LogP contribution is -2.38. The second-order valence-corrected chi connectivity index (χ2v) is 10.3. The molecule has 0 spiro atoms. The molecule has 0 unspecified atom stereocenters. The van der Waals surface area contributed by atoms with Crippen molar-refractivity contribution in [1.29, 1.82) is 0 Å². The SMILES string of the molecule is CN(Cc1ccc(C(F)(F)F)c(F)c1)[C@H]1CN(C(=O)c2cccc(C(F)(F)F)c2F)C[C@@H]1c1ccc(Cl)c(Cl)c1. The Morgan fingerprint density at radius 3 is 2.17 bits per heavy atom. The summed E-state index contributed by atoms with van der Waals surface area (Å²) in [5, 5.41) is 0.464. The fraction of sp³-hybridized carbons (Fsp3) is 0.296. The Morgan fingerprint density at radius 2 is 1.57 bits per heavy atom. The molecule has 1 fully saturated rings. The molecule has 40 heavy (non-hydrogen) atoms. The topological polar surface area (TPSA) is 23.6 Å². The van der Waals surface area contributed by atoms with E-state index in [1.54, 1.807) is 24.1 Å². The molecular weight excluding hydrogens is 591 g/mol. The summed E-state index contributed by atoms with van der Waals surface area (Å²) in [6, 6.07) is 9.15. The van der Waals surface area contributed by atoms with Gasteiger partial charge in [-0.25, -0.2) is 8.78 Å². The fourth-order valence-corrected chi connectivity index (χ4v) is 5.15. The van der Waals surface area contributed by atoms with Crippen molar-refractivity contribution in [3.05, 3.63) is 104 Å². The van der Waals surface area contributed by atoms with Crippen LogP contribution in [0.2, 0.25) is 10.0 Å². The van der Waals surface area contributed by atoms with E-state index in [0.717, 1.165) is 24.3 Å². The summed E-state index contributed by atoms with van der Waals surface area (Å²) in [4.78, 5) is 16.1. The predicted molar refractivity (Wildman–Crippen MR) is 133 cm³/mol. The minimum absolute atomic E-state index is 0.0303. The van der Waals surface area contributed by atoms with Gasteiger partial charge in [0.25, 0.3) is 5.91 Å². The van der Waals surface area contributed by atoms with Gasteiger partial charge >= 0.3 is 12.4 Å². The zero-order valence-corrected chi connectivity index (χ0v) is 22.1. The first-order valence-electron chi connectivity index (χ1n) is 11.7. The van der Waals surface area contributed by atoms with Gasteiger partial charge in [0.2, 0.25) is 0 Å². The second kappa shape index (κ2) is 11.2. The zero-order valence-electron chi connectivity index (χ0n) is 20.6. The standard InChI is InChI=1S/C27H20Cl2F8N2O/c1-38(11-14-5-7-18(22(30)9-14)26(32,33)34)23-13-39(12-17(23)15-6-8-20(28)21(29)10-15)25(40)16-3-2-4-19(24(16)31)27(35,36)37/h2-10,17,23H,11-13H2,1H3/t17-,23+/m1/s1. The molecule has 1 amide bonds. The summed E-state index contributed by atoms with van der Waals surface area (Å²) in [7, 11) is 1.60. The third-order valence-corrected chi connectivity index (χ3v) is 7.56. The summed E-state index contributed by atoms with van der Waals surface area (Å²) < 4.78 is 108. The molecule has 0 radical (unpaired) electrons. The maximum absolute atomic E-state index is 14.8. The number of likely N-dealkylation sites (tertiary alicyclic amines) is 1. The highest BCUT2D eigenvalue weighted by Gasteiger charge is 2.41. The number of halogens is 10. The Balaban J connectivity index is 1.65. The maximum atomic E-state index is 14.8. The van der Waals surface area contributed by atoms with Crippen LogP contribution in [0.1, 0.15) is 38.5 Å². The van der Waals surface area contributed by atoms with Gasteiger partial charge in [-0.2, -0.15) is 26.3 Å². The largest absolute Gasteiger partial charge is 0.419 e. The van der Waals surface area contributed by atoms with Crippen molar-refractivity contribution in [2.75, 3.05) is 20.1 Å². The summed E-state index contributed by atoms with van der Waals surface area (Å²) in [5.41, 5.74) is -2.90. The predicted octanol–water partition coefficient (Wildman–Crippen LogP) is 8.05. The van der Waals surface area contributed by atoms with Crippen LogP contribution in [0.15, 0.2) is 54.6 Å². The average Bonchev–Trinajstić information content (AvgIpc) is 3.30. The molecule has 13 heteroatoms. The first kappa shape index (κ1) is 30.1. The molecule has 1 heterocycles. The van der Waals surface area contributed by atoms with Crippen molar-refractivity contribution in [3.63, 3.8) is 0 Å². The summed E-state index contributed by atoms with van der Waals surface area (Å²) >= 11 is 12.2. The third kappa shape index (κ3) is 6.21. The van der Waals surface area contributed by atoms with E-state index in [1.807, 2.05) is 0 Å². The second-order valence-electron chi connectivity index (χ2n) is 9.45. The molecule has 1 aliphatic rings. The smallest absolute Gasteiger partial charge is 0.336 e. The van der Waals surface area contributed by atoms with Gasteiger partial charge < -0.3 is 4.90 Å². The first-order valence-corrected chi connectivity index (χ1v) is 12.5. The van der Waals surface area contributed by atoms with E-state index in [4.69, 9.17) is 23.2 Å². The van der Waals surface area contributed by atoms with E-state index in [2.05, 4.69) is 0 Å². The van der Waals surface area contributed by atoms with Crippen molar-refractivity contribution in [2.45, 2.75) is 30.9 Å². The van der Waals surface area contributed by atoms with E-state index in [9.17, 15) is 39.9 Å². The lowest BCUT2D eigenvalue weighted by molar-refractivity contribution is -0.140. The molecule has 0 N–H and O–H groups in total. The first-order chi connectivity index (χ1) is 18.6. The minimum Gasteiger partial charge on any atom is -0.336 e. The number of benzene rings is 3. The van der Waals surface area contributed by atoms with E-state index in [-0.39, 0.29) is 35.2 Å². The molecular formula is C27H20Cl2F8N2O. The van der Waals surface area contributed by atoms with Crippen LogP contribution in [-0.4, -0.2) is 41.9 Å². The Bertz CT molecular complexity index is 1430. The van der Waals surface area contributed by atoms with Crippen LogP contribution in [0, 0.1) is 11.6 Å². The molecule has 3 aromatic carbocycles. The summed E-state index contributed by atoms with van der Waals surface area (Å²) in [6.45, 7) is -0.139. The van der Waals surface area contributed by atoms with Crippen LogP contribution in [-0.2, 0) is 18.9 Å². The van der Waals surface area contributed by atoms with Crippen molar-refractivity contribution in [1.82, 2.24) is 9.80 Å². The van der Waals surface area contributed by atoms with Gasteiger partial charge in [0, 0.05) is 31.6 Å². The number of amides is 1. The summed E-state index contributed by atoms with van der Waals surface area (Å²) in [6.07, 6.45) is -9.87. The highest BCUT2D eigenvalue weighted by atomic mass is 35.5. The van der Waals surface area contributed by atoms with E-state index >= 15 is 0 Å². The molecule has 0 saturated carbocycles. The van der Waals surface area contributed by atoms with E-state index in [1.165, 1.54) is 11.0 Å². The van der Waals surface area contributed by atoms with Crippen LogP contribution < -0.4 is 0 Å². The van der Waals surface area contributed by atoms with Crippen LogP contribution in [0.5, 0.6) is 0 Å². The third-order valence-electron chi connectivity index (χ3n) is 6.82. The minimum atomic E-state index is -5.01. The van der Waals surface area contributed by atoms with Crippen molar-refractivity contribution in [2.24, 2.45) is 0 Å². The normalized spacial score (nSPS) is 18.1. The average molecular weight is 611 g/mol. The number of carbonyl (C=O) groups excluding carboxylic acids is 1. The molecule has 1 saturated heterocycles. The molecule has 4 rings (SSSR count). The Hall–Kier alpha value is -2.89. The van der Waals surface area contributed by atoms with Crippen LogP contribution >= 0.6 is 23.2 Å². The number of hydrogen-bond donors (Lipinski definition) is 0. The van der Waals surface area contributed by atoms with Crippen molar-refractivity contribution in [3.8, 4) is 0 Å². The zero-order chi connectivity index (χ0) is 29.6.